The minimum atomic E-state index is -0.363. The predicted molar refractivity (Wildman–Crippen MR) is 95.7 cm³/mol. The average molecular weight is 338 g/mol. The van der Waals surface area contributed by atoms with Gasteiger partial charge in [-0.15, -0.1) is 0 Å². The molecule has 1 aliphatic rings. The molecule has 1 aliphatic heterocycles. The second-order valence-corrected chi connectivity index (χ2v) is 6.08. The quantitative estimate of drug-likeness (QED) is 0.409. The number of fused-ring (bicyclic) bond motifs is 1. The molecule has 2 heterocycles. The smallest absolute Gasteiger partial charge is 0.263 e. The molecule has 0 bridgehead atoms. The number of benzene rings is 1. The lowest BCUT2D eigenvalue weighted by molar-refractivity contribution is -0.117. The molecule has 3 N–H and O–H groups in total. The van der Waals surface area contributed by atoms with E-state index in [4.69, 9.17) is 10.00 Å². The summed E-state index contributed by atoms with van der Waals surface area (Å²) in [5, 5.41) is 16.2. The highest BCUT2D eigenvalue weighted by Crippen LogP contribution is 2.17. The highest BCUT2D eigenvalue weighted by molar-refractivity contribution is 5.97. The van der Waals surface area contributed by atoms with Gasteiger partial charge in [-0.2, -0.15) is 5.26 Å². The van der Waals surface area contributed by atoms with E-state index in [0.29, 0.717) is 13.1 Å². The van der Waals surface area contributed by atoms with Crippen molar-refractivity contribution in [2.24, 2.45) is 0 Å². The van der Waals surface area contributed by atoms with E-state index in [1.165, 1.54) is 17.1 Å². The number of nitrogens with one attached hydrogen (secondary N) is 3. The molecule has 0 saturated carbocycles. The summed E-state index contributed by atoms with van der Waals surface area (Å²) in [6.07, 6.45) is 6.33. The zero-order valence-electron chi connectivity index (χ0n) is 14.0. The lowest BCUT2D eigenvalue weighted by Crippen LogP contribution is -2.33. The summed E-state index contributed by atoms with van der Waals surface area (Å²) >= 11 is 0. The Hall–Kier alpha value is -2.78. The maximum absolute atomic E-state index is 12.0. The van der Waals surface area contributed by atoms with Crippen molar-refractivity contribution in [1.82, 2.24) is 15.6 Å². The number of hydrogen-bond donors (Lipinski definition) is 3. The number of carbonyl (C=O) groups excluding carboxylic acids is 1. The van der Waals surface area contributed by atoms with Crippen LogP contribution in [0.15, 0.2) is 42.2 Å². The predicted octanol–water partition coefficient (Wildman–Crippen LogP) is 2.00. The van der Waals surface area contributed by atoms with Crippen LogP contribution in [0.4, 0.5) is 0 Å². The molecular weight excluding hydrogens is 316 g/mol. The van der Waals surface area contributed by atoms with E-state index in [-0.39, 0.29) is 17.6 Å². The Morgan fingerprint density at radius 1 is 1.44 bits per heavy atom. The molecule has 130 valence electrons. The van der Waals surface area contributed by atoms with Gasteiger partial charge in [-0.1, -0.05) is 18.2 Å². The number of aromatic nitrogens is 1. The first-order valence-corrected chi connectivity index (χ1v) is 8.56. The van der Waals surface area contributed by atoms with Gasteiger partial charge < -0.3 is 20.4 Å². The number of nitriles is 1. The lowest BCUT2D eigenvalue weighted by atomic mass is 10.1. The Balaban J connectivity index is 1.47. The van der Waals surface area contributed by atoms with Gasteiger partial charge in [-0.3, -0.25) is 4.79 Å². The van der Waals surface area contributed by atoms with Gasteiger partial charge in [0.2, 0.25) is 0 Å². The Labute approximate surface area is 146 Å². The van der Waals surface area contributed by atoms with Crippen molar-refractivity contribution >= 4 is 16.8 Å². The fourth-order valence-electron chi connectivity index (χ4n) is 2.98. The molecule has 6 nitrogen and oxygen atoms in total. The SMILES string of the molecule is N#C/C(=C/NCCc1c[nH]c2ccccc12)C(=O)NCC1CCCO1. The summed E-state index contributed by atoms with van der Waals surface area (Å²) in [5.41, 5.74) is 2.40. The van der Waals surface area contributed by atoms with E-state index in [2.05, 4.69) is 21.7 Å². The van der Waals surface area contributed by atoms with Gasteiger partial charge >= 0.3 is 0 Å². The van der Waals surface area contributed by atoms with Crippen molar-refractivity contribution < 1.29 is 9.53 Å². The molecule has 0 spiro atoms. The van der Waals surface area contributed by atoms with Crippen molar-refractivity contribution in [3.8, 4) is 6.07 Å². The maximum atomic E-state index is 12.0. The van der Waals surface area contributed by atoms with Gasteiger partial charge in [0.1, 0.15) is 11.6 Å². The van der Waals surface area contributed by atoms with Crippen molar-refractivity contribution in [3.63, 3.8) is 0 Å². The summed E-state index contributed by atoms with van der Waals surface area (Å²) in [6, 6.07) is 10.1. The van der Waals surface area contributed by atoms with Crippen LogP contribution in [-0.4, -0.2) is 36.7 Å². The van der Waals surface area contributed by atoms with Crippen LogP contribution >= 0.6 is 0 Å². The summed E-state index contributed by atoms with van der Waals surface area (Å²) in [5.74, 6) is -0.363. The van der Waals surface area contributed by atoms with Crippen LogP contribution in [0.3, 0.4) is 0 Å². The third-order valence-electron chi connectivity index (χ3n) is 4.34. The molecule has 3 rings (SSSR count). The molecule has 0 radical (unpaired) electrons. The second-order valence-electron chi connectivity index (χ2n) is 6.08. The van der Waals surface area contributed by atoms with E-state index >= 15 is 0 Å². The molecule has 0 aliphatic carbocycles. The fourth-order valence-corrected chi connectivity index (χ4v) is 2.98. The first kappa shape index (κ1) is 17.1. The first-order chi connectivity index (χ1) is 12.3. The number of H-pyrrole nitrogens is 1. The third-order valence-corrected chi connectivity index (χ3v) is 4.34. The summed E-state index contributed by atoms with van der Waals surface area (Å²) in [7, 11) is 0. The highest BCUT2D eigenvalue weighted by Gasteiger charge is 2.17. The first-order valence-electron chi connectivity index (χ1n) is 8.56. The van der Waals surface area contributed by atoms with Crippen molar-refractivity contribution in [1.29, 1.82) is 5.26 Å². The zero-order chi connectivity index (χ0) is 17.5. The molecule has 1 unspecified atom stereocenters. The largest absolute Gasteiger partial charge is 0.389 e. The molecule has 6 heteroatoms. The van der Waals surface area contributed by atoms with Gasteiger partial charge in [0.05, 0.1) is 6.10 Å². The molecule has 1 atom stereocenters. The highest BCUT2D eigenvalue weighted by atomic mass is 16.5. The van der Waals surface area contributed by atoms with Crippen LogP contribution in [0, 0.1) is 11.3 Å². The Morgan fingerprint density at radius 3 is 3.12 bits per heavy atom. The van der Waals surface area contributed by atoms with Gasteiger partial charge in [-0.05, 0) is 30.9 Å². The van der Waals surface area contributed by atoms with Crippen molar-refractivity contribution in [2.75, 3.05) is 19.7 Å². The Kier molecular flexibility index (Phi) is 5.70. The molecule has 25 heavy (non-hydrogen) atoms. The normalized spacial score (nSPS) is 17.4. The molecule has 1 aromatic carbocycles. The number of carbonyl (C=O) groups is 1. The molecular formula is C19H22N4O2. The van der Waals surface area contributed by atoms with Crippen LogP contribution in [0.2, 0.25) is 0 Å². The van der Waals surface area contributed by atoms with Crippen molar-refractivity contribution in [2.45, 2.75) is 25.4 Å². The van der Waals surface area contributed by atoms with E-state index < -0.39 is 0 Å². The Bertz CT molecular complexity index is 797. The summed E-state index contributed by atoms with van der Waals surface area (Å²) < 4.78 is 5.46. The molecule has 1 fully saturated rings. The van der Waals surface area contributed by atoms with Crippen LogP contribution in [-0.2, 0) is 16.0 Å². The van der Waals surface area contributed by atoms with E-state index in [0.717, 1.165) is 31.4 Å². The van der Waals surface area contributed by atoms with Crippen LogP contribution in [0.1, 0.15) is 18.4 Å². The van der Waals surface area contributed by atoms with E-state index in [1.807, 2.05) is 30.5 Å². The number of aromatic amines is 1. The topological polar surface area (TPSA) is 89.9 Å². The maximum Gasteiger partial charge on any atom is 0.263 e. The molecule has 1 saturated heterocycles. The van der Waals surface area contributed by atoms with Gasteiger partial charge in [0.15, 0.2) is 0 Å². The molecule has 1 aromatic heterocycles. The number of nitrogens with zero attached hydrogens (tertiary/aromatic N) is 1. The monoisotopic (exact) mass is 338 g/mol. The zero-order valence-corrected chi connectivity index (χ0v) is 14.0. The number of amides is 1. The minimum Gasteiger partial charge on any atom is -0.389 e. The third kappa shape index (κ3) is 4.40. The van der Waals surface area contributed by atoms with Crippen molar-refractivity contribution in [3.05, 3.63) is 47.8 Å². The van der Waals surface area contributed by atoms with E-state index in [1.54, 1.807) is 0 Å². The minimum absolute atomic E-state index is 0.0683. The van der Waals surface area contributed by atoms with Gasteiger partial charge in [0.25, 0.3) is 5.91 Å². The molecule has 2 aromatic rings. The summed E-state index contributed by atoms with van der Waals surface area (Å²) in [4.78, 5) is 15.3. The van der Waals surface area contributed by atoms with E-state index in [9.17, 15) is 4.79 Å². The standard InChI is InChI=1S/C19H22N4O2/c20-10-15(19(24)23-13-16-4-3-9-25-16)11-21-8-7-14-12-22-18-6-2-1-5-17(14)18/h1-2,5-6,11-12,16,21-22H,3-4,7-9,13H2,(H,23,24)/b15-11-. The fraction of sp³-hybridized carbons (Fsp3) is 0.368. The Morgan fingerprint density at radius 2 is 2.32 bits per heavy atom. The van der Waals surface area contributed by atoms with Gasteiger partial charge in [-0.25, -0.2) is 0 Å². The van der Waals surface area contributed by atoms with Crippen LogP contribution in [0.5, 0.6) is 0 Å². The van der Waals surface area contributed by atoms with Crippen LogP contribution in [0.25, 0.3) is 10.9 Å². The molecule has 1 amide bonds. The number of ether oxygens (including phenoxy) is 1. The number of hydrogen-bond acceptors (Lipinski definition) is 4. The number of para-hydroxylation sites is 1. The lowest BCUT2D eigenvalue weighted by Gasteiger charge is -2.10. The second kappa shape index (κ2) is 8.36. The summed E-state index contributed by atoms with van der Waals surface area (Å²) in [6.45, 7) is 1.84. The average Bonchev–Trinajstić information content (AvgIpc) is 3.30. The van der Waals surface area contributed by atoms with Crippen LogP contribution < -0.4 is 10.6 Å². The number of rotatable bonds is 7. The van der Waals surface area contributed by atoms with Gasteiger partial charge in [0, 0.05) is 43.0 Å².